The minimum absolute atomic E-state index is 0.113. The van der Waals surface area contributed by atoms with Crippen LogP contribution in [-0.2, 0) is 14.8 Å². The lowest BCUT2D eigenvalue weighted by Crippen LogP contribution is -2.32. The van der Waals surface area contributed by atoms with Crippen LogP contribution >= 0.6 is 11.6 Å². The molecule has 152 valence electrons. The van der Waals surface area contributed by atoms with Crippen LogP contribution in [0.15, 0.2) is 47.4 Å². The Morgan fingerprint density at radius 2 is 1.71 bits per heavy atom. The van der Waals surface area contributed by atoms with E-state index in [1.807, 2.05) is 6.92 Å². The molecule has 2 aromatic rings. The number of halogens is 1. The number of aryl methyl sites for hydroxylation is 1. The minimum Gasteiger partial charge on any atom is -0.492 e. The van der Waals surface area contributed by atoms with Crippen molar-refractivity contribution in [1.82, 2.24) is 9.62 Å². The molecule has 1 amide bonds. The van der Waals surface area contributed by atoms with Crippen LogP contribution in [0.4, 0.5) is 0 Å². The molecule has 28 heavy (non-hydrogen) atoms. The lowest BCUT2D eigenvalue weighted by molar-refractivity contribution is -0.123. The van der Waals surface area contributed by atoms with Gasteiger partial charge in [0.05, 0.1) is 11.4 Å². The van der Waals surface area contributed by atoms with E-state index in [1.54, 1.807) is 30.3 Å². The van der Waals surface area contributed by atoms with E-state index >= 15 is 0 Å². The van der Waals surface area contributed by atoms with E-state index < -0.39 is 10.0 Å². The standard InChI is InChI=1S/C19H23ClN2O5S/c1-14-12-16(6-9-18(14)20)27-13-19(23)21-10-11-26-15-4-7-17(8-5-15)28(24,25)22(2)3/h4-9,12H,10-11,13H2,1-3H3,(H,21,23). The van der Waals surface area contributed by atoms with E-state index in [-0.39, 0.29) is 24.0 Å². The second-order valence-corrected chi connectivity index (χ2v) is 8.72. The Hall–Kier alpha value is -2.29. The van der Waals surface area contributed by atoms with Crippen molar-refractivity contribution in [2.75, 3.05) is 33.9 Å². The molecule has 1 N–H and O–H groups in total. The van der Waals surface area contributed by atoms with Gasteiger partial charge in [-0.2, -0.15) is 0 Å². The second-order valence-electron chi connectivity index (χ2n) is 6.16. The van der Waals surface area contributed by atoms with Crippen LogP contribution in [0.25, 0.3) is 0 Å². The maximum absolute atomic E-state index is 12.0. The number of benzene rings is 2. The average molecular weight is 427 g/mol. The fraction of sp³-hybridized carbons (Fsp3) is 0.316. The molecular weight excluding hydrogens is 404 g/mol. The van der Waals surface area contributed by atoms with Crippen molar-refractivity contribution in [2.24, 2.45) is 0 Å². The van der Waals surface area contributed by atoms with Crippen molar-refractivity contribution in [3.8, 4) is 11.5 Å². The van der Waals surface area contributed by atoms with E-state index in [2.05, 4.69) is 5.32 Å². The van der Waals surface area contributed by atoms with E-state index in [0.29, 0.717) is 23.1 Å². The summed E-state index contributed by atoms with van der Waals surface area (Å²) in [6.45, 7) is 2.28. The summed E-state index contributed by atoms with van der Waals surface area (Å²) in [5.41, 5.74) is 0.873. The van der Waals surface area contributed by atoms with Crippen LogP contribution in [-0.4, -0.2) is 52.5 Å². The van der Waals surface area contributed by atoms with Crippen LogP contribution < -0.4 is 14.8 Å². The first-order valence-corrected chi connectivity index (χ1v) is 10.3. The first-order valence-electron chi connectivity index (χ1n) is 8.51. The van der Waals surface area contributed by atoms with Gasteiger partial charge in [0.25, 0.3) is 5.91 Å². The zero-order chi connectivity index (χ0) is 20.7. The van der Waals surface area contributed by atoms with Gasteiger partial charge in [0.1, 0.15) is 18.1 Å². The van der Waals surface area contributed by atoms with Crippen molar-refractivity contribution < 1.29 is 22.7 Å². The number of carbonyl (C=O) groups is 1. The van der Waals surface area contributed by atoms with Gasteiger partial charge in [0.15, 0.2) is 6.61 Å². The molecule has 0 saturated carbocycles. The fourth-order valence-electron chi connectivity index (χ4n) is 2.18. The number of hydrogen-bond acceptors (Lipinski definition) is 5. The van der Waals surface area contributed by atoms with Gasteiger partial charge in [-0.25, -0.2) is 12.7 Å². The van der Waals surface area contributed by atoms with Gasteiger partial charge in [-0.15, -0.1) is 0 Å². The van der Waals surface area contributed by atoms with Crippen molar-refractivity contribution >= 4 is 27.5 Å². The van der Waals surface area contributed by atoms with Gasteiger partial charge in [-0.05, 0) is 55.0 Å². The van der Waals surface area contributed by atoms with Gasteiger partial charge in [-0.1, -0.05) is 11.6 Å². The van der Waals surface area contributed by atoms with Crippen LogP contribution in [0.1, 0.15) is 5.56 Å². The highest BCUT2D eigenvalue weighted by Crippen LogP contribution is 2.21. The van der Waals surface area contributed by atoms with E-state index in [1.165, 1.54) is 26.2 Å². The molecule has 0 saturated heterocycles. The lowest BCUT2D eigenvalue weighted by Gasteiger charge is -2.12. The van der Waals surface area contributed by atoms with E-state index in [4.69, 9.17) is 21.1 Å². The van der Waals surface area contributed by atoms with Gasteiger partial charge in [0.2, 0.25) is 10.0 Å². The highest BCUT2D eigenvalue weighted by molar-refractivity contribution is 7.89. The molecule has 0 radical (unpaired) electrons. The number of rotatable bonds is 9. The molecule has 7 nitrogen and oxygen atoms in total. The molecule has 0 unspecified atom stereocenters. The Morgan fingerprint density at radius 3 is 2.32 bits per heavy atom. The predicted molar refractivity (Wildman–Crippen MR) is 108 cm³/mol. The smallest absolute Gasteiger partial charge is 0.258 e. The molecule has 2 aromatic carbocycles. The number of carbonyl (C=O) groups excluding carboxylic acids is 1. The largest absolute Gasteiger partial charge is 0.492 e. The predicted octanol–water partition coefficient (Wildman–Crippen LogP) is 2.47. The van der Waals surface area contributed by atoms with Crippen molar-refractivity contribution in [2.45, 2.75) is 11.8 Å². The van der Waals surface area contributed by atoms with Crippen molar-refractivity contribution in [1.29, 1.82) is 0 Å². The molecule has 9 heteroatoms. The first kappa shape index (κ1) is 22.0. The highest BCUT2D eigenvalue weighted by Gasteiger charge is 2.16. The Balaban J connectivity index is 1.72. The quantitative estimate of drug-likeness (QED) is 0.622. The zero-order valence-electron chi connectivity index (χ0n) is 15.9. The first-order chi connectivity index (χ1) is 13.2. The van der Waals surface area contributed by atoms with Gasteiger partial charge in [-0.3, -0.25) is 4.79 Å². The number of nitrogens with one attached hydrogen (secondary N) is 1. The zero-order valence-corrected chi connectivity index (χ0v) is 17.5. The maximum atomic E-state index is 12.0. The van der Waals surface area contributed by atoms with Crippen LogP contribution in [0.5, 0.6) is 11.5 Å². The Labute approximate surface area is 170 Å². The Morgan fingerprint density at radius 1 is 1.07 bits per heavy atom. The molecule has 0 aliphatic rings. The maximum Gasteiger partial charge on any atom is 0.258 e. The molecule has 0 aliphatic carbocycles. The fourth-order valence-corrected chi connectivity index (χ4v) is 3.20. The average Bonchev–Trinajstić information content (AvgIpc) is 2.66. The van der Waals surface area contributed by atoms with Gasteiger partial charge in [0, 0.05) is 19.1 Å². The lowest BCUT2D eigenvalue weighted by atomic mass is 10.2. The van der Waals surface area contributed by atoms with Crippen LogP contribution in [0.2, 0.25) is 5.02 Å². The number of sulfonamides is 1. The minimum atomic E-state index is -3.46. The van der Waals surface area contributed by atoms with E-state index in [9.17, 15) is 13.2 Å². The summed E-state index contributed by atoms with van der Waals surface area (Å²) in [4.78, 5) is 12.0. The number of hydrogen-bond donors (Lipinski definition) is 1. The third-order valence-corrected chi connectivity index (χ3v) is 6.05. The molecule has 0 bridgehead atoms. The van der Waals surface area contributed by atoms with Crippen LogP contribution in [0.3, 0.4) is 0 Å². The third kappa shape index (κ3) is 6.12. The SMILES string of the molecule is Cc1cc(OCC(=O)NCCOc2ccc(S(=O)(=O)N(C)C)cc2)ccc1Cl. The molecular formula is C19H23ClN2O5S. The highest BCUT2D eigenvalue weighted by atomic mass is 35.5. The summed E-state index contributed by atoms with van der Waals surface area (Å²) in [7, 11) is -0.520. The summed E-state index contributed by atoms with van der Waals surface area (Å²) in [5, 5.41) is 3.32. The number of nitrogens with zero attached hydrogens (tertiary/aromatic N) is 1. The Bertz CT molecular complexity index is 914. The normalized spacial score (nSPS) is 11.3. The molecule has 0 atom stereocenters. The third-order valence-electron chi connectivity index (χ3n) is 3.79. The van der Waals surface area contributed by atoms with Crippen molar-refractivity contribution in [3.63, 3.8) is 0 Å². The summed E-state index contributed by atoms with van der Waals surface area (Å²) < 4.78 is 36.0. The molecule has 0 aromatic heterocycles. The second kappa shape index (κ2) is 9.77. The summed E-state index contributed by atoms with van der Waals surface area (Å²) in [6, 6.07) is 11.3. The van der Waals surface area contributed by atoms with Gasteiger partial charge < -0.3 is 14.8 Å². The molecule has 2 rings (SSSR count). The molecule has 0 aliphatic heterocycles. The molecule has 0 heterocycles. The van der Waals surface area contributed by atoms with Gasteiger partial charge >= 0.3 is 0 Å². The van der Waals surface area contributed by atoms with Crippen molar-refractivity contribution in [3.05, 3.63) is 53.1 Å². The summed E-state index contributed by atoms with van der Waals surface area (Å²) in [6.07, 6.45) is 0. The summed E-state index contributed by atoms with van der Waals surface area (Å²) in [5.74, 6) is 0.810. The Kier molecular flexibility index (Phi) is 7.68. The topological polar surface area (TPSA) is 84.9 Å². The van der Waals surface area contributed by atoms with Crippen LogP contribution in [0, 0.1) is 6.92 Å². The monoisotopic (exact) mass is 426 g/mol. The van der Waals surface area contributed by atoms with E-state index in [0.717, 1.165) is 9.87 Å². The molecule has 0 spiro atoms. The number of amides is 1. The summed E-state index contributed by atoms with van der Waals surface area (Å²) >= 11 is 5.94. The molecule has 0 fully saturated rings. The number of ether oxygens (including phenoxy) is 2.